The van der Waals surface area contributed by atoms with Crippen molar-refractivity contribution in [2.75, 3.05) is 0 Å². The molecule has 1 aromatic carbocycles. The first-order valence-corrected chi connectivity index (χ1v) is 9.24. The third kappa shape index (κ3) is 9.90. The Hall–Kier alpha value is -1.84. The summed E-state index contributed by atoms with van der Waals surface area (Å²) in [5.41, 5.74) is 0.579. The van der Waals surface area contributed by atoms with Gasteiger partial charge >= 0.3 is 11.9 Å². The molecule has 4 heteroatoms. The maximum atomic E-state index is 12.2. The summed E-state index contributed by atoms with van der Waals surface area (Å²) < 4.78 is 10.7. The van der Waals surface area contributed by atoms with Crippen molar-refractivity contribution >= 4 is 11.9 Å². The number of benzene rings is 1. The van der Waals surface area contributed by atoms with E-state index in [1.807, 2.05) is 58.0 Å². The molecule has 0 fully saturated rings. The van der Waals surface area contributed by atoms with E-state index in [1.54, 1.807) is 0 Å². The molecule has 0 saturated carbocycles. The average Bonchev–Trinajstić information content (AvgIpc) is 2.55. The maximum Gasteiger partial charge on any atom is 0.309 e. The molecule has 0 N–H and O–H groups in total. The van der Waals surface area contributed by atoms with Gasteiger partial charge in [-0.3, -0.25) is 9.59 Å². The van der Waals surface area contributed by atoms with Gasteiger partial charge in [0.1, 0.15) is 12.2 Å². The minimum atomic E-state index is -0.424. The SMILES string of the molecule is CCC(CCCCCC(=O)OC(C)(C)C)C(=O)OCc1ccccc1. The van der Waals surface area contributed by atoms with Crippen LogP contribution in [-0.2, 0) is 25.7 Å². The van der Waals surface area contributed by atoms with Crippen LogP contribution in [0.4, 0.5) is 0 Å². The molecule has 0 aliphatic carbocycles. The quantitative estimate of drug-likeness (QED) is 0.439. The number of rotatable bonds is 10. The Kier molecular flexibility index (Phi) is 9.25. The molecule has 0 amide bonds. The monoisotopic (exact) mass is 348 g/mol. The van der Waals surface area contributed by atoms with Crippen LogP contribution in [0.5, 0.6) is 0 Å². The second-order valence-electron chi connectivity index (χ2n) is 7.38. The molecule has 0 spiro atoms. The van der Waals surface area contributed by atoms with Gasteiger partial charge in [0.25, 0.3) is 0 Å². The summed E-state index contributed by atoms with van der Waals surface area (Å²) in [6, 6.07) is 9.71. The number of esters is 2. The summed E-state index contributed by atoms with van der Waals surface area (Å²) in [4.78, 5) is 23.8. The van der Waals surface area contributed by atoms with E-state index in [2.05, 4.69) is 0 Å². The van der Waals surface area contributed by atoms with Crippen LogP contribution in [0.3, 0.4) is 0 Å². The number of carbonyl (C=O) groups excluding carboxylic acids is 2. The summed E-state index contributed by atoms with van der Waals surface area (Å²) in [5.74, 6) is -0.342. The van der Waals surface area contributed by atoms with Crippen molar-refractivity contribution in [3.05, 3.63) is 35.9 Å². The van der Waals surface area contributed by atoms with Crippen molar-refractivity contribution in [1.82, 2.24) is 0 Å². The molecule has 4 nitrogen and oxygen atoms in total. The highest BCUT2D eigenvalue weighted by Gasteiger charge is 2.18. The van der Waals surface area contributed by atoms with E-state index in [4.69, 9.17) is 9.47 Å². The first-order chi connectivity index (χ1) is 11.8. The van der Waals surface area contributed by atoms with Crippen molar-refractivity contribution in [2.45, 2.75) is 78.4 Å². The predicted octanol–water partition coefficient (Wildman–Crippen LogP) is 5.05. The number of carbonyl (C=O) groups is 2. The third-order valence-corrected chi connectivity index (χ3v) is 3.90. The van der Waals surface area contributed by atoms with Crippen molar-refractivity contribution in [2.24, 2.45) is 5.92 Å². The number of ether oxygens (including phenoxy) is 2. The zero-order valence-corrected chi connectivity index (χ0v) is 16.0. The molecule has 0 aliphatic rings. The summed E-state index contributed by atoms with van der Waals surface area (Å²) in [6.45, 7) is 7.96. The van der Waals surface area contributed by atoms with Gasteiger partial charge in [0.05, 0.1) is 5.92 Å². The van der Waals surface area contributed by atoms with Crippen LogP contribution >= 0.6 is 0 Å². The lowest BCUT2D eigenvalue weighted by molar-refractivity contribution is -0.155. The van der Waals surface area contributed by atoms with E-state index in [0.29, 0.717) is 13.0 Å². The first kappa shape index (κ1) is 21.2. The topological polar surface area (TPSA) is 52.6 Å². The minimum absolute atomic E-state index is 0.0646. The molecular weight excluding hydrogens is 316 g/mol. The molecule has 25 heavy (non-hydrogen) atoms. The molecule has 0 saturated heterocycles. The summed E-state index contributed by atoms with van der Waals surface area (Å²) in [6.07, 6.45) is 4.65. The Morgan fingerprint density at radius 2 is 1.72 bits per heavy atom. The minimum Gasteiger partial charge on any atom is -0.461 e. The van der Waals surface area contributed by atoms with E-state index in [1.165, 1.54) is 0 Å². The summed E-state index contributed by atoms with van der Waals surface area (Å²) in [5, 5.41) is 0. The van der Waals surface area contributed by atoms with E-state index in [-0.39, 0.29) is 17.9 Å². The van der Waals surface area contributed by atoms with Crippen LogP contribution in [0, 0.1) is 5.92 Å². The van der Waals surface area contributed by atoms with Gasteiger partial charge in [-0.25, -0.2) is 0 Å². The molecule has 140 valence electrons. The molecule has 0 radical (unpaired) electrons. The first-order valence-electron chi connectivity index (χ1n) is 9.24. The predicted molar refractivity (Wildman–Crippen MR) is 98.9 cm³/mol. The Labute approximate surface area is 151 Å². The van der Waals surface area contributed by atoms with Crippen molar-refractivity contribution in [3.63, 3.8) is 0 Å². The van der Waals surface area contributed by atoms with Crippen molar-refractivity contribution < 1.29 is 19.1 Å². The van der Waals surface area contributed by atoms with E-state index < -0.39 is 5.60 Å². The smallest absolute Gasteiger partial charge is 0.309 e. The second kappa shape index (κ2) is 10.9. The Balaban J connectivity index is 2.20. The summed E-state index contributed by atoms with van der Waals surface area (Å²) in [7, 11) is 0. The molecule has 0 aromatic heterocycles. The molecule has 0 heterocycles. The van der Waals surface area contributed by atoms with Gasteiger partial charge in [-0.2, -0.15) is 0 Å². The van der Waals surface area contributed by atoms with E-state index in [9.17, 15) is 9.59 Å². The number of unbranched alkanes of at least 4 members (excludes halogenated alkanes) is 2. The van der Waals surface area contributed by atoms with Crippen LogP contribution in [-0.4, -0.2) is 17.5 Å². The number of hydrogen-bond acceptors (Lipinski definition) is 4. The van der Waals surface area contributed by atoms with Gasteiger partial charge in [0.15, 0.2) is 0 Å². The fourth-order valence-corrected chi connectivity index (χ4v) is 2.56. The van der Waals surface area contributed by atoms with Gasteiger partial charge in [-0.05, 0) is 45.6 Å². The fourth-order valence-electron chi connectivity index (χ4n) is 2.56. The number of hydrogen-bond donors (Lipinski definition) is 0. The van der Waals surface area contributed by atoms with Crippen LogP contribution < -0.4 is 0 Å². The third-order valence-electron chi connectivity index (χ3n) is 3.90. The Morgan fingerprint density at radius 3 is 2.32 bits per heavy atom. The van der Waals surface area contributed by atoms with Crippen LogP contribution in [0.25, 0.3) is 0 Å². The lowest BCUT2D eigenvalue weighted by atomic mass is 9.98. The molecule has 1 aromatic rings. The lowest BCUT2D eigenvalue weighted by Gasteiger charge is -2.19. The highest BCUT2D eigenvalue weighted by atomic mass is 16.6. The molecule has 1 unspecified atom stereocenters. The van der Waals surface area contributed by atoms with Gasteiger partial charge in [-0.1, -0.05) is 50.1 Å². The fraction of sp³-hybridized carbons (Fsp3) is 0.619. The average molecular weight is 348 g/mol. The van der Waals surface area contributed by atoms with Gasteiger partial charge in [0, 0.05) is 6.42 Å². The molecule has 1 atom stereocenters. The van der Waals surface area contributed by atoms with E-state index in [0.717, 1.165) is 37.7 Å². The van der Waals surface area contributed by atoms with Gasteiger partial charge in [-0.15, -0.1) is 0 Å². The second-order valence-corrected chi connectivity index (χ2v) is 7.38. The van der Waals surface area contributed by atoms with E-state index >= 15 is 0 Å². The molecule has 1 rings (SSSR count). The molecular formula is C21H32O4. The van der Waals surface area contributed by atoms with Crippen LogP contribution in [0.15, 0.2) is 30.3 Å². The summed E-state index contributed by atoms with van der Waals surface area (Å²) >= 11 is 0. The van der Waals surface area contributed by atoms with Gasteiger partial charge < -0.3 is 9.47 Å². The zero-order valence-electron chi connectivity index (χ0n) is 16.0. The van der Waals surface area contributed by atoms with Gasteiger partial charge in [0.2, 0.25) is 0 Å². The molecule has 0 aliphatic heterocycles. The zero-order chi connectivity index (χ0) is 18.7. The van der Waals surface area contributed by atoms with Crippen LogP contribution in [0.2, 0.25) is 0 Å². The largest absolute Gasteiger partial charge is 0.461 e. The van der Waals surface area contributed by atoms with Crippen molar-refractivity contribution in [3.8, 4) is 0 Å². The molecule has 0 bridgehead atoms. The standard InChI is InChI=1S/C21H32O4/c1-5-18(20(23)24-16-17-12-8-6-9-13-17)14-10-7-11-15-19(22)25-21(2,3)4/h6,8-9,12-13,18H,5,7,10-11,14-16H2,1-4H3. The highest BCUT2D eigenvalue weighted by Crippen LogP contribution is 2.17. The highest BCUT2D eigenvalue weighted by molar-refractivity contribution is 5.72. The normalized spacial score (nSPS) is 12.5. The Morgan fingerprint density at radius 1 is 1.04 bits per heavy atom. The maximum absolute atomic E-state index is 12.2. The van der Waals surface area contributed by atoms with Crippen molar-refractivity contribution in [1.29, 1.82) is 0 Å². The van der Waals surface area contributed by atoms with Crippen LogP contribution in [0.1, 0.15) is 71.8 Å². The Bertz CT molecular complexity index is 516. The lowest BCUT2D eigenvalue weighted by Crippen LogP contribution is -2.23.